The SMILES string of the molecule is CCN1CCN(c2c[nH]nc2-c2cc(Cl)c(O)cc2O)CC1. The average molecular weight is 323 g/mol. The molecule has 2 heterocycles. The molecule has 1 aliphatic rings. The van der Waals surface area contributed by atoms with Gasteiger partial charge in [0.2, 0.25) is 0 Å². The first-order valence-electron chi connectivity index (χ1n) is 7.33. The number of hydrogen-bond acceptors (Lipinski definition) is 5. The van der Waals surface area contributed by atoms with Crippen molar-refractivity contribution in [2.45, 2.75) is 6.92 Å². The van der Waals surface area contributed by atoms with Crippen LogP contribution in [0.25, 0.3) is 11.3 Å². The minimum atomic E-state index is -0.142. The van der Waals surface area contributed by atoms with Crippen LogP contribution in [0.15, 0.2) is 18.3 Å². The van der Waals surface area contributed by atoms with Gasteiger partial charge in [0.15, 0.2) is 0 Å². The van der Waals surface area contributed by atoms with Gasteiger partial charge in [-0.2, -0.15) is 5.10 Å². The van der Waals surface area contributed by atoms with Gasteiger partial charge < -0.3 is 20.0 Å². The van der Waals surface area contributed by atoms with E-state index in [0.717, 1.165) is 38.4 Å². The standard InChI is InChI=1S/C15H19ClN4O2/c1-2-19-3-5-20(6-4-19)12-9-17-18-15(12)10-7-11(16)14(22)8-13(10)21/h7-9,21-22H,2-6H2,1H3,(H,17,18). The number of anilines is 1. The van der Waals surface area contributed by atoms with E-state index in [0.29, 0.717) is 11.3 Å². The van der Waals surface area contributed by atoms with Gasteiger partial charge in [-0.05, 0) is 12.6 Å². The van der Waals surface area contributed by atoms with Gasteiger partial charge in [-0.1, -0.05) is 18.5 Å². The van der Waals surface area contributed by atoms with E-state index in [9.17, 15) is 10.2 Å². The zero-order valence-corrected chi connectivity index (χ0v) is 13.1. The Morgan fingerprint density at radius 3 is 2.59 bits per heavy atom. The molecule has 0 aliphatic carbocycles. The molecule has 0 radical (unpaired) electrons. The Bertz CT molecular complexity index is 666. The lowest BCUT2D eigenvalue weighted by atomic mass is 10.1. The molecule has 1 aromatic heterocycles. The van der Waals surface area contributed by atoms with Gasteiger partial charge in [0.25, 0.3) is 0 Å². The molecule has 118 valence electrons. The quantitative estimate of drug-likeness (QED) is 0.808. The van der Waals surface area contributed by atoms with Crippen LogP contribution in [0.4, 0.5) is 5.69 Å². The molecule has 0 spiro atoms. The fourth-order valence-electron chi connectivity index (χ4n) is 2.77. The highest BCUT2D eigenvalue weighted by Gasteiger charge is 2.22. The molecule has 1 fully saturated rings. The van der Waals surface area contributed by atoms with Gasteiger partial charge in [0.05, 0.1) is 10.7 Å². The molecule has 0 bridgehead atoms. The predicted octanol–water partition coefficient (Wildman–Crippen LogP) is 2.28. The Kier molecular flexibility index (Phi) is 4.13. The molecule has 6 nitrogen and oxygen atoms in total. The fourth-order valence-corrected chi connectivity index (χ4v) is 2.93. The first-order chi connectivity index (χ1) is 10.6. The summed E-state index contributed by atoms with van der Waals surface area (Å²) in [5.74, 6) is -0.181. The van der Waals surface area contributed by atoms with Crippen molar-refractivity contribution in [3.8, 4) is 22.8 Å². The van der Waals surface area contributed by atoms with Crippen LogP contribution in [0.1, 0.15) is 6.92 Å². The summed E-state index contributed by atoms with van der Waals surface area (Å²) in [5.41, 5.74) is 2.09. The number of phenolic OH excluding ortho intramolecular Hbond substituents is 2. The van der Waals surface area contributed by atoms with Crippen molar-refractivity contribution in [2.24, 2.45) is 0 Å². The molecule has 1 aromatic carbocycles. The monoisotopic (exact) mass is 322 g/mol. The molecule has 3 N–H and O–H groups in total. The van der Waals surface area contributed by atoms with Crippen LogP contribution in [0.3, 0.4) is 0 Å². The lowest BCUT2D eigenvalue weighted by molar-refractivity contribution is 0.271. The number of piperazine rings is 1. The molecular weight excluding hydrogens is 304 g/mol. The number of aromatic nitrogens is 2. The average Bonchev–Trinajstić information content (AvgIpc) is 3.00. The summed E-state index contributed by atoms with van der Waals surface area (Å²) in [5, 5.41) is 27.0. The summed E-state index contributed by atoms with van der Waals surface area (Å²) < 4.78 is 0. The molecule has 0 amide bonds. The Labute approximate surface area is 133 Å². The highest BCUT2D eigenvalue weighted by atomic mass is 35.5. The summed E-state index contributed by atoms with van der Waals surface area (Å²) in [7, 11) is 0. The van der Waals surface area contributed by atoms with Gasteiger partial charge in [0, 0.05) is 44.0 Å². The molecule has 0 saturated carbocycles. The van der Waals surface area contributed by atoms with Crippen molar-refractivity contribution in [3.63, 3.8) is 0 Å². The predicted molar refractivity (Wildman–Crippen MR) is 86.7 cm³/mol. The maximum Gasteiger partial charge on any atom is 0.137 e. The number of hydrogen-bond donors (Lipinski definition) is 3. The topological polar surface area (TPSA) is 75.6 Å². The molecule has 7 heteroatoms. The molecule has 3 rings (SSSR count). The highest BCUT2D eigenvalue weighted by molar-refractivity contribution is 6.32. The van der Waals surface area contributed by atoms with Crippen molar-refractivity contribution in [2.75, 3.05) is 37.6 Å². The third-order valence-electron chi connectivity index (χ3n) is 4.10. The number of nitrogens with one attached hydrogen (secondary N) is 1. The summed E-state index contributed by atoms with van der Waals surface area (Å²) >= 11 is 5.96. The number of halogens is 1. The number of aromatic amines is 1. The van der Waals surface area contributed by atoms with Crippen LogP contribution in [0.5, 0.6) is 11.5 Å². The largest absolute Gasteiger partial charge is 0.507 e. The maximum atomic E-state index is 10.1. The lowest BCUT2D eigenvalue weighted by Crippen LogP contribution is -2.46. The first kappa shape index (κ1) is 15.0. The zero-order valence-electron chi connectivity index (χ0n) is 12.4. The lowest BCUT2D eigenvalue weighted by Gasteiger charge is -2.35. The summed E-state index contributed by atoms with van der Waals surface area (Å²) in [6.45, 7) is 7.04. The van der Waals surface area contributed by atoms with Gasteiger partial charge in [-0.15, -0.1) is 0 Å². The van der Waals surface area contributed by atoms with Crippen LogP contribution in [-0.2, 0) is 0 Å². The number of phenols is 2. The van der Waals surface area contributed by atoms with Crippen LogP contribution in [0, 0.1) is 0 Å². The number of nitrogens with zero attached hydrogens (tertiary/aromatic N) is 3. The number of aromatic hydroxyl groups is 2. The van der Waals surface area contributed by atoms with Gasteiger partial charge >= 0.3 is 0 Å². The second-order valence-electron chi connectivity index (χ2n) is 5.36. The van der Waals surface area contributed by atoms with E-state index in [1.807, 2.05) is 6.20 Å². The third-order valence-corrected chi connectivity index (χ3v) is 4.40. The molecule has 0 atom stereocenters. The van der Waals surface area contributed by atoms with Crippen molar-refractivity contribution in [1.82, 2.24) is 15.1 Å². The number of H-pyrrole nitrogens is 1. The second kappa shape index (κ2) is 6.06. The summed E-state index contributed by atoms with van der Waals surface area (Å²) in [6, 6.07) is 2.78. The van der Waals surface area contributed by atoms with Crippen LogP contribution in [-0.4, -0.2) is 58.0 Å². The Morgan fingerprint density at radius 2 is 1.91 bits per heavy atom. The maximum absolute atomic E-state index is 10.1. The molecule has 1 saturated heterocycles. The third kappa shape index (κ3) is 2.71. The summed E-state index contributed by atoms with van der Waals surface area (Å²) in [6.07, 6.45) is 1.83. The van der Waals surface area contributed by atoms with Gasteiger partial charge in [0.1, 0.15) is 17.2 Å². The molecular formula is C15H19ClN4O2. The molecule has 0 unspecified atom stereocenters. The van der Waals surface area contributed by atoms with E-state index >= 15 is 0 Å². The normalized spacial score (nSPS) is 16.2. The van der Waals surface area contributed by atoms with Crippen LogP contribution in [0.2, 0.25) is 5.02 Å². The number of rotatable bonds is 3. The minimum Gasteiger partial charge on any atom is -0.507 e. The van der Waals surface area contributed by atoms with E-state index < -0.39 is 0 Å². The van der Waals surface area contributed by atoms with Crippen molar-refractivity contribution < 1.29 is 10.2 Å². The fraction of sp³-hybridized carbons (Fsp3) is 0.400. The number of benzene rings is 1. The zero-order chi connectivity index (χ0) is 15.7. The van der Waals surface area contributed by atoms with E-state index in [4.69, 9.17) is 11.6 Å². The molecule has 22 heavy (non-hydrogen) atoms. The Morgan fingerprint density at radius 1 is 1.18 bits per heavy atom. The van der Waals surface area contributed by atoms with Crippen molar-refractivity contribution in [3.05, 3.63) is 23.4 Å². The number of likely N-dealkylation sites (N-methyl/N-ethyl adjacent to an activating group) is 1. The molecule has 1 aliphatic heterocycles. The van der Waals surface area contributed by atoms with E-state index in [2.05, 4.69) is 26.9 Å². The summed E-state index contributed by atoms with van der Waals surface area (Å²) in [4.78, 5) is 4.64. The van der Waals surface area contributed by atoms with Crippen LogP contribution < -0.4 is 4.90 Å². The van der Waals surface area contributed by atoms with Crippen LogP contribution >= 0.6 is 11.6 Å². The van der Waals surface area contributed by atoms with Crippen molar-refractivity contribution in [1.29, 1.82) is 0 Å². The Hall–Kier alpha value is -1.92. The van der Waals surface area contributed by atoms with Gasteiger partial charge in [-0.25, -0.2) is 0 Å². The minimum absolute atomic E-state index is 0.0394. The Balaban J connectivity index is 1.91. The van der Waals surface area contributed by atoms with Gasteiger partial charge in [-0.3, -0.25) is 5.10 Å². The van der Waals surface area contributed by atoms with Crippen molar-refractivity contribution >= 4 is 17.3 Å². The van der Waals surface area contributed by atoms with E-state index in [1.165, 1.54) is 12.1 Å². The van der Waals surface area contributed by atoms with E-state index in [-0.39, 0.29) is 16.5 Å². The first-order valence-corrected chi connectivity index (χ1v) is 7.71. The van der Waals surface area contributed by atoms with E-state index in [1.54, 1.807) is 0 Å². The second-order valence-corrected chi connectivity index (χ2v) is 5.77. The highest BCUT2D eigenvalue weighted by Crippen LogP contribution is 2.40. The smallest absolute Gasteiger partial charge is 0.137 e. The molecule has 2 aromatic rings.